The first-order valence-electron chi connectivity index (χ1n) is 2.86. The fourth-order valence-electron chi connectivity index (χ4n) is 0.357. The molecule has 8 heavy (non-hydrogen) atoms. The van der Waals surface area contributed by atoms with Gasteiger partial charge < -0.3 is 0 Å². The van der Waals surface area contributed by atoms with E-state index in [1.54, 1.807) is 6.08 Å². The Labute approximate surface area is 51.2 Å². The lowest BCUT2D eigenvalue weighted by Crippen LogP contribution is -1.49. The summed E-state index contributed by atoms with van der Waals surface area (Å²) in [5.41, 5.74) is 0. The SMILES string of the molecule is C=C/C=C/C=C\CC. The lowest BCUT2D eigenvalue weighted by atomic mass is 10.4. The molecule has 0 saturated heterocycles. The van der Waals surface area contributed by atoms with E-state index in [9.17, 15) is 0 Å². The molecule has 0 atom stereocenters. The van der Waals surface area contributed by atoms with E-state index in [2.05, 4.69) is 19.6 Å². The Hall–Kier alpha value is -0.780. The van der Waals surface area contributed by atoms with Gasteiger partial charge in [0.25, 0.3) is 0 Å². The third-order valence-corrected chi connectivity index (χ3v) is 0.730. The average molecular weight is 108 g/mol. The largest absolute Gasteiger partial charge is 0.0991 e. The molecule has 0 fully saturated rings. The predicted molar refractivity (Wildman–Crippen MR) is 38.8 cm³/mol. The normalized spacial score (nSPS) is 11.1. The molecule has 0 aliphatic heterocycles. The fourth-order valence-corrected chi connectivity index (χ4v) is 0.357. The van der Waals surface area contributed by atoms with Crippen LogP contribution in [0.25, 0.3) is 0 Å². The van der Waals surface area contributed by atoms with Gasteiger partial charge in [0.2, 0.25) is 0 Å². The first kappa shape index (κ1) is 7.22. The second-order valence-electron chi connectivity index (χ2n) is 1.46. The lowest BCUT2D eigenvalue weighted by Gasteiger charge is -1.71. The van der Waals surface area contributed by atoms with Crippen LogP contribution in [0, 0.1) is 0 Å². The Morgan fingerprint density at radius 2 is 2.00 bits per heavy atom. The topological polar surface area (TPSA) is 0 Å². The summed E-state index contributed by atoms with van der Waals surface area (Å²) in [6, 6.07) is 0. The summed E-state index contributed by atoms with van der Waals surface area (Å²) in [7, 11) is 0. The van der Waals surface area contributed by atoms with Crippen molar-refractivity contribution in [1.82, 2.24) is 0 Å². The second kappa shape index (κ2) is 6.22. The summed E-state index contributed by atoms with van der Waals surface area (Å²) in [6.45, 7) is 5.65. The molecule has 0 bridgehead atoms. The van der Waals surface area contributed by atoms with Crippen LogP contribution < -0.4 is 0 Å². The van der Waals surface area contributed by atoms with E-state index in [1.165, 1.54) is 0 Å². The monoisotopic (exact) mass is 108 g/mol. The zero-order valence-corrected chi connectivity index (χ0v) is 5.30. The van der Waals surface area contributed by atoms with Gasteiger partial charge in [0.15, 0.2) is 0 Å². The van der Waals surface area contributed by atoms with E-state index in [0.29, 0.717) is 0 Å². The van der Waals surface area contributed by atoms with Gasteiger partial charge in [-0.05, 0) is 6.42 Å². The summed E-state index contributed by atoms with van der Waals surface area (Å²) >= 11 is 0. The van der Waals surface area contributed by atoms with Crippen LogP contribution in [-0.2, 0) is 0 Å². The zero-order valence-electron chi connectivity index (χ0n) is 5.30. The van der Waals surface area contributed by atoms with Crippen LogP contribution >= 0.6 is 0 Å². The number of hydrogen-bond acceptors (Lipinski definition) is 0. The van der Waals surface area contributed by atoms with Gasteiger partial charge in [-0.25, -0.2) is 0 Å². The van der Waals surface area contributed by atoms with Gasteiger partial charge >= 0.3 is 0 Å². The van der Waals surface area contributed by atoms with E-state index >= 15 is 0 Å². The van der Waals surface area contributed by atoms with E-state index < -0.39 is 0 Å². The van der Waals surface area contributed by atoms with Crippen molar-refractivity contribution in [3.05, 3.63) is 37.0 Å². The van der Waals surface area contributed by atoms with Crippen molar-refractivity contribution in [2.75, 3.05) is 0 Å². The Kier molecular flexibility index (Phi) is 5.61. The van der Waals surface area contributed by atoms with Crippen LogP contribution in [0.15, 0.2) is 37.0 Å². The first-order chi connectivity index (χ1) is 3.91. The van der Waals surface area contributed by atoms with Crippen molar-refractivity contribution in [2.45, 2.75) is 13.3 Å². The highest BCUT2D eigenvalue weighted by atomic mass is 13.7. The molecule has 0 radical (unpaired) electrons. The third-order valence-electron chi connectivity index (χ3n) is 0.730. The highest BCUT2D eigenvalue weighted by molar-refractivity contribution is 5.08. The van der Waals surface area contributed by atoms with Crippen LogP contribution in [0.5, 0.6) is 0 Å². The molecule has 0 N–H and O–H groups in total. The molecule has 0 heteroatoms. The Morgan fingerprint density at radius 3 is 2.50 bits per heavy atom. The average Bonchev–Trinajstić information content (AvgIpc) is 1.81. The molecule has 0 aromatic heterocycles. The maximum Gasteiger partial charge on any atom is -0.0376 e. The summed E-state index contributed by atoms with van der Waals surface area (Å²) in [5.74, 6) is 0. The fraction of sp³-hybridized carbons (Fsp3) is 0.250. The summed E-state index contributed by atoms with van der Waals surface area (Å²) in [4.78, 5) is 0. The van der Waals surface area contributed by atoms with Crippen LogP contribution in [0.3, 0.4) is 0 Å². The van der Waals surface area contributed by atoms with Crippen molar-refractivity contribution >= 4 is 0 Å². The maximum atomic E-state index is 3.54. The van der Waals surface area contributed by atoms with Gasteiger partial charge in [0.1, 0.15) is 0 Å². The van der Waals surface area contributed by atoms with Crippen LogP contribution in [0.1, 0.15) is 13.3 Å². The minimum absolute atomic E-state index is 1.10. The molecule has 0 rings (SSSR count). The molecule has 44 valence electrons. The van der Waals surface area contributed by atoms with Crippen molar-refractivity contribution < 1.29 is 0 Å². The molecule has 0 nitrogen and oxygen atoms in total. The smallest absolute Gasteiger partial charge is 0.0376 e. The molecule has 0 aliphatic carbocycles. The predicted octanol–water partition coefficient (Wildman–Crippen LogP) is 2.69. The molecular formula is C8H12. The minimum Gasteiger partial charge on any atom is -0.0991 e. The van der Waals surface area contributed by atoms with Crippen molar-refractivity contribution in [1.29, 1.82) is 0 Å². The lowest BCUT2D eigenvalue weighted by molar-refractivity contribution is 1.22. The van der Waals surface area contributed by atoms with Gasteiger partial charge in [0, 0.05) is 0 Å². The van der Waals surface area contributed by atoms with Crippen LogP contribution in [-0.4, -0.2) is 0 Å². The molecule has 0 unspecified atom stereocenters. The summed E-state index contributed by atoms with van der Waals surface area (Å²) < 4.78 is 0. The molecular weight excluding hydrogens is 96.1 g/mol. The van der Waals surface area contributed by atoms with E-state index in [0.717, 1.165) is 6.42 Å². The number of hydrogen-bond donors (Lipinski definition) is 0. The Morgan fingerprint density at radius 1 is 1.25 bits per heavy atom. The Bertz CT molecular complexity index is 96.6. The highest BCUT2D eigenvalue weighted by Gasteiger charge is 1.59. The van der Waals surface area contributed by atoms with E-state index in [4.69, 9.17) is 0 Å². The van der Waals surface area contributed by atoms with E-state index in [1.807, 2.05) is 18.2 Å². The standard InChI is InChI=1S/C8H12/c1-3-5-7-8-6-4-2/h3,5-8H,1,4H2,2H3/b7-5+,8-6-. The second-order valence-corrected chi connectivity index (χ2v) is 1.46. The van der Waals surface area contributed by atoms with Crippen LogP contribution in [0.2, 0.25) is 0 Å². The van der Waals surface area contributed by atoms with Crippen molar-refractivity contribution in [3.8, 4) is 0 Å². The minimum atomic E-state index is 1.10. The maximum absolute atomic E-state index is 3.54. The zero-order chi connectivity index (χ0) is 6.24. The number of rotatable bonds is 3. The van der Waals surface area contributed by atoms with E-state index in [-0.39, 0.29) is 0 Å². The summed E-state index contributed by atoms with van der Waals surface area (Å²) in [6.07, 6.45) is 10.9. The van der Waals surface area contributed by atoms with Gasteiger partial charge in [-0.2, -0.15) is 0 Å². The Balaban J connectivity index is 3.26. The molecule has 0 saturated carbocycles. The molecule has 0 aliphatic rings. The number of allylic oxidation sites excluding steroid dienone is 5. The van der Waals surface area contributed by atoms with Gasteiger partial charge in [-0.1, -0.05) is 43.9 Å². The quantitative estimate of drug-likeness (QED) is 0.487. The third kappa shape index (κ3) is 5.22. The molecule has 0 spiro atoms. The van der Waals surface area contributed by atoms with Gasteiger partial charge in [0.05, 0.1) is 0 Å². The molecule has 0 aromatic rings. The van der Waals surface area contributed by atoms with Gasteiger partial charge in [-0.3, -0.25) is 0 Å². The first-order valence-corrected chi connectivity index (χ1v) is 2.86. The molecule has 0 aromatic carbocycles. The molecule has 0 heterocycles. The highest BCUT2D eigenvalue weighted by Crippen LogP contribution is 1.80. The summed E-state index contributed by atoms with van der Waals surface area (Å²) in [5, 5.41) is 0. The van der Waals surface area contributed by atoms with Crippen molar-refractivity contribution in [3.63, 3.8) is 0 Å². The van der Waals surface area contributed by atoms with Gasteiger partial charge in [-0.15, -0.1) is 0 Å². The molecule has 0 amide bonds. The van der Waals surface area contributed by atoms with Crippen LogP contribution in [0.4, 0.5) is 0 Å². The van der Waals surface area contributed by atoms with Crippen molar-refractivity contribution in [2.24, 2.45) is 0 Å².